The fraction of sp³-hybridized carbons (Fsp3) is 0.333. The third-order valence-corrected chi connectivity index (χ3v) is 2.77. The molecule has 1 heterocycles. The fourth-order valence-corrected chi connectivity index (χ4v) is 1.64. The zero-order valence-electron chi connectivity index (χ0n) is 7.78. The maximum atomic E-state index is 10.7. The molecule has 5 heteroatoms. The van der Waals surface area contributed by atoms with E-state index in [0.29, 0.717) is 11.4 Å². The molecule has 4 nitrogen and oxygen atoms in total. The van der Waals surface area contributed by atoms with Gasteiger partial charge in [0.25, 0.3) is 0 Å². The Kier molecular flexibility index (Phi) is 3.63. The topological polar surface area (TPSA) is 78.9 Å². The number of nitrogens with zero attached hydrogens (tertiary/aromatic N) is 1. The number of primary amides is 1. The van der Waals surface area contributed by atoms with E-state index in [0.717, 1.165) is 4.88 Å². The lowest BCUT2D eigenvalue weighted by Crippen LogP contribution is -2.38. The van der Waals surface area contributed by atoms with E-state index in [4.69, 9.17) is 11.0 Å². The molecule has 0 fully saturated rings. The summed E-state index contributed by atoms with van der Waals surface area (Å²) in [5.74, 6) is -0.373. The van der Waals surface area contributed by atoms with Crippen molar-refractivity contribution in [1.82, 2.24) is 5.32 Å². The van der Waals surface area contributed by atoms with Crippen molar-refractivity contribution < 1.29 is 4.79 Å². The first kappa shape index (κ1) is 10.7. The molecule has 1 aromatic heterocycles. The van der Waals surface area contributed by atoms with E-state index in [9.17, 15) is 4.79 Å². The molecule has 0 aliphatic rings. The Morgan fingerprint density at radius 2 is 2.50 bits per heavy atom. The van der Waals surface area contributed by atoms with Crippen molar-refractivity contribution in [2.45, 2.75) is 19.5 Å². The summed E-state index contributed by atoms with van der Waals surface area (Å²) in [6, 6.07) is 5.34. The van der Waals surface area contributed by atoms with Gasteiger partial charge in [-0.3, -0.25) is 4.79 Å². The molecule has 0 unspecified atom stereocenters. The summed E-state index contributed by atoms with van der Waals surface area (Å²) in [4.78, 5) is 12.4. The molecule has 0 bridgehead atoms. The number of hydrogen-bond acceptors (Lipinski definition) is 4. The third kappa shape index (κ3) is 2.83. The number of carbonyl (C=O) groups excluding carboxylic acids is 1. The predicted molar refractivity (Wildman–Crippen MR) is 54.5 cm³/mol. The number of nitriles is 1. The number of amides is 1. The van der Waals surface area contributed by atoms with Gasteiger partial charge in [0.2, 0.25) is 5.91 Å². The number of thiophene rings is 1. The number of rotatable bonds is 4. The monoisotopic (exact) mass is 209 g/mol. The number of nitrogens with two attached hydrogens (primary N) is 1. The summed E-state index contributed by atoms with van der Waals surface area (Å²) < 4.78 is 0. The summed E-state index contributed by atoms with van der Waals surface area (Å²) in [5.41, 5.74) is 5.08. The van der Waals surface area contributed by atoms with Crippen molar-refractivity contribution in [3.8, 4) is 6.07 Å². The summed E-state index contributed by atoms with van der Waals surface area (Å²) in [6.07, 6.45) is 0. The van der Waals surface area contributed by atoms with Gasteiger partial charge in [-0.25, -0.2) is 0 Å². The third-order valence-electron chi connectivity index (χ3n) is 1.78. The Balaban J connectivity index is 2.46. The van der Waals surface area contributed by atoms with Crippen molar-refractivity contribution in [2.75, 3.05) is 0 Å². The summed E-state index contributed by atoms with van der Waals surface area (Å²) in [6.45, 7) is 2.28. The van der Waals surface area contributed by atoms with Gasteiger partial charge in [0, 0.05) is 11.4 Å². The van der Waals surface area contributed by atoms with E-state index in [1.807, 2.05) is 6.07 Å². The molecule has 1 atom stereocenters. The van der Waals surface area contributed by atoms with E-state index in [2.05, 4.69) is 11.4 Å². The number of hydrogen-bond donors (Lipinski definition) is 2. The summed E-state index contributed by atoms with van der Waals surface area (Å²) in [5, 5.41) is 11.5. The van der Waals surface area contributed by atoms with Crippen molar-refractivity contribution in [3.63, 3.8) is 0 Å². The second-order valence-corrected chi connectivity index (χ2v) is 4.05. The van der Waals surface area contributed by atoms with Gasteiger partial charge in [0.1, 0.15) is 10.9 Å². The van der Waals surface area contributed by atoms with Crippen molar-refractivity contribution in [3.05, 3.63) is 21.9 Å². The molecule has 0 aromatic carbocycles. The standard InChI is InChI=1S/C9H11N3OS/c1-6(9(11)13)12-5-8-3-2-7(4-10)14-8/h2-3,6,12H,5H2,1H3,(H2,11,13)/t6-/m0/s1. The minimum atomic E-state index is -0.373. The second kappa shape index (κ2) is 4.74. The Bertz CT molecular complexity index is 366. The van der Waals surface area contributed by atoms with Crippen LogP contribution < -0.4 is 11.1 Å². The molecule has 1 aromatic rings. The Morgan fingerprint density at radius 3 is 3.00 bits per heavy atom. The summed E-state index contributed by atoms with van der Waals surface area (Å²) >= 11 is 1.41. The van der Waals surface area contributed by atoms with Crippen LogP contribution in [0.25, 0.3) is 0 Å². The molecule has 14 heavy (non-hydrogen) atoms. The zero-order chi connectivity index (χ0) is 10.6. The van der Waals surface area contributed by atoms with Crippen molar-refractivity contribution in [1.29, 1.82) is 5.26 Å². The molecule has 74 valence electrons. The maximum Gasteiger partial charge on any atom is 0.234 e. The smallest absolute Gasteiger partial charge is 0.234 e. The van der Waals surface area contributed by atoms with Crippen LogP contribution in [0.1, 0.15) is 16.7 Å². The van der Waals surface area contributed by atoms with Crippen LogP contribution in [-0.4, -0.2) is 11.9 Å². The van der Waals surface area contributed by atoms with E-state index >= 15 is 0 Å². The largest absolute Gasteiger partial charge is 0.368 e. The molecule has 0 saturated heterocycles. The van der Waals surface area contributed by atoms with E-state index in [1.165, 1.54) is 11.3 Å². The second-order valence-electron chi connectivity index (χ2n) is 2.88. The molecular formula is C9H11N3OS. The SMILES string of the molecule is C[C@H](NCc1ccc(C#N)s1)C(N)=O. The van der Waals surface area contributed by atoms with Gasteiger partial charge >= 0.3 is 0 Å². The number of nitrogens with one attached hydrogen (secondary N) is 1. The highest BCUT2D eigenvalue weighted by molar-refractivity contribution is 7.12. The van der Waals surface area contributed by atoms with Crippen LogP contribution in [0.5, 0.6) is 0 Å². The lowest BCUT2D eigenvalue weighted by atomic mass is 10.3. The maximum absolute atomic E-state index is 10.7. The predicted octanol–water partition coefficient (Wildman–Crippen LogP) is 0.583. The average Bonchev–Trinajstić information content (AvgIpc) is 2.61. The van der Waals surface area contributed by atoms with Gasteiger partial charge in [-0.2, -0.15) is 5.26 Å². The summed E-state index contributed by atoms with van der Waals surface area (Å²) in [7, 11) is 0. The van der Waals surface area contributed by atoms with Gasteiger partial charge in [0.05, 0.1) is 6.04 Å². The normalized spacial score (nSPS) is 12.0. The van der Waals surface area contributed by atoms with Crippen LogP contribution >= 0.6 is 11.3 Å². The lowest BCUT2D eigenvalue weighted by molar-refractivity contribution is -0.119. The quantitative estimate of drug-likeness (QED) is 0.761. The first-order valence-electron chi connectivity index (χ1n) is 4.15. The molecule has 0 aliphatic heterocycles. The minimum absolute atomic E-state index is 0.345. The fourth-order valence-electron chi connectivity index (χ4n) is 0.887. The van der Waals surface area contributed by atoms with E-state index in [1.54, 1.807) is 13.0 Å². The van der Waals surface area contributed by atoms with E-state index in [-0.39, 0.29) is 11.9 Å². The van der Waals surface area contributed by atoms with Gasteiger partial charge in [0.15, 0.2) is 0 Å². The molecule has 3 N–H and O–H groups in total. The zero-order valence-corrected chi connectivity index (χ0v) is 8.60. The van der Waals surface area contributed by atoms with Crippen LogP contribution in [0.2, 0.25) is 0 Å². The highest BCUT2D eigenvalue weighted by atomic mass is 32.1. The molecule has 0 aliphatic carbocycles. The van der Waals surface area contributed by atoms with Crippen LogP contribution in [0.4, 0.5) is 0 Å². The van der Waals surface area contributed by atoms with Gasteiger partial charge in [-0.05, 0) is 19.1 Å². The van der Waals surface area contributed by atoms with Gasteiger partial charge < -0.3 is 11.1 Å². The molecular weight excluding hydrogens is 198 g/mol. The number of carbonyl (C=O) groups is 1. The van der Waals surface area contributed by atoms with Crippen molar-refractivity contribution >= 4 is 17.2 Å². The first-order valence-corrected chi connectivity index (χ1v) is 4.96. The molecule has 1 amide bonds. The Hall–Kier alpha value is -1.38. The molecule has 1 rings (SSSR count). The van der Waals surface area contributed by atoms with Crippen LogP contribution in [-0.2, 0) is 11.3 Å². The van der Waals surface area contributed by atoms with Gasteiger partial charge in [-0.15, -0.1) is 11.3 Å². The highest BCUT2D eigenvalue weighted by Gasteiger charge is 2.07. The van der Waals surface area contributed by atoms with Crippen LogP contribution in [0.3, 0.4) is 0 Å². The average molecular weight is 209 g/mol. The highest BCUT2D eigenvalue weighted by Crippen LogP contribution is 2.14. The molecule has 0 saturated carbocycles. The van der Waals surface area contributed by atoms with Crippen LogP contribution in [0, 0.1) is 11.3 Å². The van der Waals surface area contributed by atoms with Crippen molar-refractivity contribution in [2.24, 2.45) is 5.73 Å². The van der Waals surface area contributed by atoms with Crippen LogP contribution in [0.15, 0.2) is 12.1 Å². The first-order chi connectivity index (χ1) is 6.63. The molecule has 0 radical (unpaired) electrons. The Morgan fingerprint density at radius 1 is 1.79 bits per heavy atom. The lowest BCUT2D eigenvalue weighted by Gasteiger charge is -2.07. The van der Waals surface area contributed by atoms with Gasteiger partial charge in [-0.1, -0.05) is 0 Å². The molecule has 0 spiro atoms. The van der Waals surface area contributed by atoms with E-state index < -0.39 is 0 Å². The Labute approximate surface area is 86.3 Å². The minimum Gasteiger partial charge on any atom is -0.368 e.